The van der Waals surface area contributed by atoms with Gasteiger partial charge in [0.05, 0.1) is 6.10 Å². The summed E-state index contributed by atoms with van der Waals surface area (Å²) in [6.07, 6.45) is 4.69. The SMILES string of the molecule is Cc1cncc(CN2CCC(C)C(O)C2)c1. The Kier molecular flexibility index (Phi) is 3.56. The summed E-state index contributed by atoms with van der Waals surface area (Å²) in [5.74, 6) is 0.437. The minimum atomic E-state index is -0.175. The molecule has 0 aromatic carbocycles. The summed E-state index contributed by atoms with van der Waals surface area (Å²) in [5.41, 5.74) is 2.44. The van der Waals surface area contributed by atoms with Gasteiger partial charge in [0, 0.05) is 25.5 Å². The van der Waals surface area contributed by atoms with Gasteiger partial charge in [-0.05, 0) is 36.9 Å². The molecule has 1 saturated heterocycles. The third-order valence-electron chi connectivity index (χ3n) is 3.34. The zero-order chi connectivity index (χ0) is 11.5. The Morgan fingerprint density at radius 2 is 2.31 bits per heavy atom. The molecule has 0 saturated carbocycles. The molecule has 2 atom stereocenters. The van der Waals surface area contributed by atoms with Crippen LogP contribution in [0.1, 0.15) is 24.5 Å². The number of aliphatic hydroxyl groups excluding tert-OH is 1. The van der Waals surface area contributed by atoms with Crippen LogP contribution in [0.5, 0.6) is 0 Å². The predicted octanol–water partition coefficient (Wildman–Crippen LogP) is 1.59. The number of hydrogen-bond donors (Lipinski definition) is 1. The highest BCUT2D eigenvalue weighted by atomic mass is 16.3. The van der Waals surface area contributed by atoms with Gasteiger partial charge in [0.15, 0.2) is 0 Å². The summed E-state index contributed by atoms with van der Waals surface area (Å²) in [5, 5.41) is 9.82. The molecule has 88 valence electrons. The van der Waals surface area contributed by atoms with Crippen molar-refractivity contribution in [2.75, 3.05) is 13.1 Å². The molecule has 3 heteroatoms. The van der Waals surface area contributed by atoms with Gasteiger partial charge in [-0.15, -0.1) is 0 Å². The van der Waals surface area contributed by atoms with Gasteiger partial charge < -0.3 is 5.11 Å². The van der Waals surface area contributed by atoms with Crippen LogP contribution in [-0.2, 0) is 6.54 Å². The summed E-state index contributed by atoms with van der Waals surface area (Å²) in [6.45, 7) is 6.94. The molecule has 16 heavy (non-hydrogen) atoms. The second-order valence-corrected chi connectivity index (χ2v) is 4.94. The Hall–Kier alpha value is -0.930. The highest BCUT2D eigenvalue weighted by Gasteiger charge is 2.23. The standard InChI is InChI=1S/C13H20N2O/c1-10-5-12(7-14-6-10)8-15-4-3-11(2)13(16)9-15/h5-7,11,13,16H,3-4,8-9H2,1-2H3. The Labute approximate surface area is 97.1 Å². The molecule has 0 aliphatic carbocycles. The first-order valence-corrected chi connectivity index (χ1v) is 5.96. The van der Waals surface area contributed by atoms with Gasteiger partial charge in [-0.25, -0.2) is 0 Å². The molecule has 1 aromatic rings. The Morgan fingerprint density at radius 1 is 1.50 bits per heavy atom. The lowest BCUT2D eigenvalue weighted by molar-refractivity contribution is 0.0259. The lowest BCUT2D eigenvalue weighted by Crippen LogP contribution is -2.42. The molecule has 1 N–H and O–H groups in total. The average Bonchev–Trinajstić information content (AvgIpc) is 2.24. The fraction of sp³-hybridized carbons (Fsp3) is 0.615. The van der Waals surface area contributed by atoms with Gasteiger partial charge in [0.2, 0.25) is 0 Å². The number of likely N-dealkylation sites (tertiary alicyclic amines) is 1. The second kappa shape index (κ2) is 4.93. The maximum atomic E-state index is 9.82. The molecule has 2 heterocycles. The molecule has 0 bridgehead atoms. The third kappa shape index (κ3) is 2.80. The number of aromatic nitrogens is 1. The summed E-state index contributed by atoms with van der Waals surface area (Å²) < 4.78 is 0. The third-order valence-corrected chi connectivity index (χ3v) is 3.34. The minimum Gasteiger partial charge on any atom is -0.392 e. The Bertz CT molecular complexity index is 354. The Morgan fingerprint density at radius 3 is 3.00 bits per heavy atom. The molecule has 3 nitrogen and oxygen atoms in total. The van der Waals surface area contributed by atoms with E-state index in [-0.39, 0.29) is 6.10 Å². The lowest BCUT2D eigenvalue weighted by atomic mass is 9.96. The average molecular weight is 220 g/mol. The lowest BCUT2D eigenvalue weighted by Gasteiger charge is -2.34. The van der Waals surface area contributed by atoms with Crippen LogP contribution in [0.25, 0.3) is 0 Å². The molecule has 2 unspecified atom stereocenters. The quantitative estimate of drug-likeness (QED) is 0.822. The second-order valence-electron chi connectivity index (χ2n) is 4.94. The van der Waals surface area contributed by atoms with Crippen molar-refractivity contribution in [3.63, 3.8) is 0 Å². The van der Waals surface area contributed by atoms with E-state index in [9.17, 15) is 5.11 Å². The maximum absolute atomic E-state index is 9.82. The summed E-state index contributed by atoms with van der Waals surface area (Å²) in [4.78, 5) is 6.50. The molecule has 1 aliphatic rings. The van der Waals surface area contributed by atoms with Crippen molar-refractivity contribution >= 4 is 0 Å². The highest BCUT2D eigenvalue weighted by Crippen LogP contribution is 2.18. The molecular weight excluding hydrogens is 200 g/mol. The van der Waals surface area contributed by atoms with Gasteiger partial charge in [0.25, 0.3) is 0 Å². The van der Waals surface area contributed by atoms with Crippen molar-refractivity contribution < 1.29 is 5.11 Å². The van der Waals surface area contributed by atoms with E-state index in [1.807, 2.05) is 12.4 Å². The Balaban J connectivity index is 1.95. The van der Waals surface area contributed by atoms with Crippen LogP contribution in [0.15, 0.2) is 18.5 Å². The summed E-state index contributed by atoms with van der Waals surface area (Å²) in [6, 6.07) is 2.16. The fourth-order valence-electron chi connectivity index (χ4n) is 2.22. The largest absolute Gasteiger partial charge is 0.392 e. The first-order valence-electron chi connectivity index (χ1n) is 5.96. The van der Waals surface area contributed by atoms with Crippen molar-refractivity contribution in [2.45, 2.75) is 32.9 Å². The van der Waals surface area contributed by atoms with Crippen molar-refractivity contribution in [3.8, 4) is 0 Å². The number of piperidine rings is 1. The fourth-order valence-corrected chi connectivity index (χ4v) is 2.22. The first-order chi connectivity index (χ1) is 7.65. The number of rotatable bonds is 2. The first kappa shape index (κ1) is 11.6. The van der Waals surface area contributed by atoms with Crippen LogP contribution >= 0.6 is 0 Å². The van der Waals surface area contributed by atoms with E-state index in [1.165, 1.54) is 11.1 Å². The van der Waals surface area contributed by atoms with E-state index in [2.05, 4.69) is 29.8 Å². The minimum absolute atomic E-state index is 0.175. The smallest absolute Gasteiger partial charge is 0.0693 e. The van der Waals surface area contributed by atoms with E-state index in [0.29, 0.717) is 5.92 Å². The van der Waals surface area contributed by atoms with Crippen molar-refractivity contribution in [1.29, 1.82) is 0 Å². The van der Waals surface area contributed by atoms with Crippen LogP contribution in [-0.4, -0.2) is 34.2 Å². The van der Waals surface area contributed by atoms with Crippen LogP contribution in [0.4, 0.5) is 0 Å². The van der Waals surface area contributed by atoms with Crippen LogP contribution in [0.2, 0.25) is 0 Å². The molecule has 0 amide bonds. The van der Waals surface area contributed by atoms with E-state index in [0.717, 1.165) is 26.1 Å². The molecule has 1 aromatic heterocycles. The topological polar surface area (TPSA) is 36.4 Å². The number of pyridine rings is 1. The van der Waals surface area contributed by atoms with E-state index < -0.39 is 0 Å². The number of β-amino-alcohol motifs (C(OH)–C–C–N with tert-alkyl or cyclic N) is 1. The monoisotopic (exact) mass is 220 g/mol. The van der Waals surface area contributed by atoms with E-state index in [4.69, 9.17) is 0 Å². The van der Waals surface area contributed by atoms with Crippen LogP contribution in [0, 0.1) is 12.8 Å². The molecule has 1 aliphatic heterocycles. The molecule has 2 rings (SSSR count). The molecule has 1 fully saturated rings. The number of aryl methyl sites for hydroxylation is 1. The van der Waals surface area contributed by atoms with Gasteiger partial charge in [-0.1, -0.05) is 13.0 Å². The van der Waals surface area contributed by atoms with E-state index >= 15 is 0 Å². The highest BCUT2D eigenvalue weighted by molar-refractivity contribution is 5.16. The van der Waals surface area contributed by atoms with E-state index in [1.54, 1.807) is 0 Å². The number of nitrogens with zero attached hydrogens (tertiary/aromatic N) is 2. The van der Waals surface area contributed by atoms with Gasteiger partial charge in [0.1, 0.15) is 0 Å². The predicted molar refractivity (Wildman–Crippen MR) is 64.0 cm³/mol. The van der Waals surface area contributed by atoms with Crippen LogP contribution < -0.4 is 0 Å². The van der Waals surface area contributed by atoms with Gasteiger partial charge in [-0.3, -0.25) is 9.88 Å². The zero-order valence-electron chi connectivity index (χ0n) is 10.1. The number of hydrogen-bond acceptors (Lipinski definition) is 3. The normalized spacial score (nSPS) is 26.9. The van der Waals surface area contributed by atoms with Gasteiger partial charge >= 0.3 is 0 Å². The summed E-state index contributed by atoms with van der Waals surface area (Å²) in [7, 11) is 0. The number of aliphatic hydroxyl groups is 1. The van der Waals surface area contributed by atoms with Crippen molar-refractivity contribution in [3.05, 3.63) is 29.6 Å². The van der Waals surface area contributed by atoms with Crippen molar-refractivity contribution in [2.24, 2.45) is 5.92 Å². The molecule has 0 radical (unpaired) electrons. The van der Waals surface area contributed by atoms with Crippen LogP contribution in [0.3, 0.4) is 0 Å². The van der Waals surface area contributed by atoms with Gasteiger partial charge in [-0.2, -0.15) is 0 Å². The van der Waals surface area contributed by atoms with Crippen molar-refractivity contribution in [1.82, 2.24) is 9.88 Å². The zero-order valence-corrected chi connectivity index (χ0v) is 10.1. The molecule has 0 spiro atoms. The molecular formula is C13H20N2O. The maximum Gasteiger partial charge on any atom is 0.0693 e. The summed E-state index contributed by atoms with van der Waals surface area (Å²) >= 11 is 0.